The van der Waals surface area contributed by atoms with Crippen molar-refractivity contribution < 1.29 is 23.8 Å². The molecular weight excluding hydrogens is 446 g/mol. The van der Waals surface area contributed by atoms with Gasteiger partial charge in [-0.05, 0) is 42.3 Å². The van der Waals surface area contributed by atoms with Crippen molar-refractivity contribution in [1.82, 2.24) is 15.8 Å². The molecule has 35 heavy (non-hydrogen) atoms. The third kappa shape index (κ3) is 4.35. The minimum atomic E-state index is -0.453. The highest BCUT2D eigenvalue weighted by molar-refractivity contribution is 5.86. The van der Waals surface area contributed by atoms with Crippen LogP contribution in [-0.4, -0.2) is 35.7 Å². The second-order valence-corrected chi connectivity index (χ2v) is 8.98. The van der Waals surface area contributed by atoms with E-state index in [-0.39, 0.29) is 29.7 Å². The molecule has 3 N–H and O–H groups in total. The lowest BCUT2D eigenvalue weighted by atomic mass is 9.83. The molecule has 2 aliphatic rings. The van der Waals surface area contributed by atoms with Gasteiger partial charge < -0.3 is 23.9 Å². The summed E-state index contributed by atoms with van der Waals surface area (Å²) in [6, 6.07) is 15.8. The minimum absolute atomic E-state index is 0.0240. The van der Waals surface area contributed by atoms with Crippen molar-refractivity contribution in [2.75, 3.05) is 13.7 Å². The number of hydrazine groups is 1. The lowest BCUT2D eigenvalue weighted by Crippen LogP contribution is -2.41. The van der Waals surface area contributed by atoms with Crippen LogP contribution in [0.4, 0.5) is 0 Å². The summed E-state index contributed by atoms with van der Waals surface area (Å²) in [5.41, 5.74) is 8.13. The van der Waals surface area contributed by atoms with Crippen LogP contribution in [0.15, 0.2) is 65.3 Å². The Morgan fingerprint density at radius 1 is 1.06 bits per heavy atom. The number of amides is 1. The highest BCUT2D eigenvalue weighted by Crippen LogP contribution is 2.50. The van der Waals surface area contributed by atoms with Gasteiger partial charge in [0.15, 0.2) is 11.5 Å². The quantitative estimate of drug-likeness (QED) is 0.400. The number of phenolic OH excluding ortho intramolecular Hbond substituents is 1. The predicted molar refractivity (Wildman–Crippen MR) is 130 cm³/mol. The largest absolute Gasteiger partial charge is 0.508 e. The smallest absolute Gasteiger partial charge is 0.242 e. The van der Waals surface area contributed by atoms with Crippen molar-refractivity contribution in [3.05, 3.63) is 77.7 Å². The van der Waals surface area contributed by atoms with Gasteiger partial charge in [-0.3, -0.25) is 4.79 Å². The Kier molecular flexibility index (Phi) is 6.66. The lowest BCUT2D eigenvalue weighted by molar-refractivity contribution is -0.131. The van der Waals surface area contributed by atoms with Crippen molar-refractivity contribution in [3.8, 4) is 17.2 Å². The molecule has 5 rings (SSSR count). The molecule has 0 saturated carbocycles. The first-order valence-corrected chi connectivity index (χ1v) is 12.0. The van der Waals surface area contributed by atoms with Crippen LogP contribution in [0.2, 0.25) is 0 Å². The van der Waals surface area contributed by atoms with E-state index in [1.807, 2.05) is 47.4 Å². The maximum Gasteiger partial charge on any atom is 0.242 e. The number of furan rings is 1. The van der Waals surface area contributed by atoms with E-state index in [0.717, 1.165) is 24.0 Å². The second kappa shape index (κ2) is 10.0. The summed E-state index contributed by atoms with van der Waals surface area (Å²) in [6.07, 6.45) is 3.62. The van der Waals surface area contributed by atoms with Crippen molar-refractivity contribution in [3.63, 3.8) is 0 Å². The third-order valence-electron chi connectivity index (χ3n) is 6.88. The van der Waals surface area contributed by atoms with E-state index >= 15 is 0 Å². The predicted octanol–water partition coefficient (Wildman–Crippen LogP) is 4.09. The monoisotopic (exact) mass is 477 g/mol. The summed E-state index contributed by atoms with van der Waals surface area (Å²) in [6.45, 7) is 3.08. The molecule has 8 heteroatoms. The average Bonchev–Trinajstić information content (AvgIpc) is 3.59. The molecule has 4 unspecified atom stereocenters. The minimum Gasteiger partial charge on any atom is -0.508 e. The van der Waals surface area contributed by atoms with Gasteiger partial charge in [0.25, 0.3) is 0 Å². The van der Waals surface area contributed by atoms with Crippen LogP contribution in [0.25, 0.3) is 0 Å². The number of fused-ring (bicyclic) bond motifs is 1. The normalized spacial score (nSPS) is 23.5. The first-order chi connectivity index (χ1) is 17.1. The van der Waals surface area contributed by atoms with E-state index in [0.29, 0.717) is 30.4 Å². The van der Waals surface area contributed by atoms with Gasteiger partial charge in [0.2, 0.25) is 5.91 Å². The number of hydrogen-bond acceptors (Lipinski definition) is 7. The summed E-state index contributed by atoms with van der Waals surface area (Å²) in [4.78, 5) is 15.5. The number of phenols is 1. The van der Waals surface area contributed by atoms with Gasteiger partial charge in [-0.1, -0.05) is 37.6 Å². The molecule has 4 atom stereocenters. The first kappa shape index (κ1) is 23.3. The van der Waals surface area contributed by atoms with Crippen LogP contribution < -0.4 is 20.3 Å². The topological polar surface area (TPSA) is 96.2 Å². The number of carbonyl (C=O) groups excluding carboxylic acids is 1. The number of hydrogen-bond donors (Lipinski definition) is 3. The van der Waals surface area contributed by atoms with Crippen molar-refractivity contribution in [2.45, 2.75) is 44.4 Å². The number of likely N-dealkylation sites (tertiary alicyclic amines) is 1. The molecular formula is C27H31N3O5. The van der Waals surface area contributed by atoms with Gasteiger partial charge in [-0.2, -0.15) is 0 Å². The molecule has 0 aliphatic carbocycles. The highest BCUT2D eigenvalue weighted by Gasteiger charge is 2.56. The molecule has 2 fully saturated rings. The number of ether oxygens (including phenoxy) is 2. The number of nitrogens with zero attached hydrogens (tertiary/aromatic N) is 1. The molecule has 184 valence electrons. The summed E-state index contributed by atoms with van der Waals surface area (Å²) >= 11 is 0. The van der Waals surface area contributed by atoms with E-state index in [2.05, 4.69) is 17.8 Å². The first-order valence-electron chi connectivity index (χ1n) is 12.0. The second-order valence-electron chi connectivity index (χ2n) is 8.98. The summed E-state index contributed by atoms with van der Waals surface area (Å²) in [7, 11) is 1.62. The van der Waals surface area contributed by atoms with E-state index in [1.165, 1.54) is 0 Å². The molecule has 3 heterocycles. The molecule has 0 spiro atoms. The van der Waals surface area contributed by atoms with Crippen molar-refractivity contribution in [2.24, 2.45) is 5.92 Å². The van der Waals surface area contributed by atoms with E-state index < -0.39 is 6.04 Å². The van der Waals surface area contributed by atoms with Crippen LogP contribution in [0.5, 0.6) is 17.2 Å². The molecule has 2 aliphatic heterocycles. The molecule has 3 aromatic rings. The maximum atomic E-state index is 13.6. The fourth-order valence-electron chi connectivity index (χ4n) is 5.18. The fourth-order valence-corrected chi connectivity index (χ4v) is 5.18. The zero-order chi connectivity index (χ0) is 24.4. The Morgan fingerprint density at radius 3 is 2.63 bits per heavy atom. The van der Waals surface area contributed by atoms with Gasteiger partial charge in [0.1, 0.15) is 17.6 Å². The fraction of sp³-hybridized carbons (Fsp3) is 0.370. The van der Waals surface area contributed by atoms with Gasteiger partial charge >= 0.3 is 0 Å². The van der Waals surface area contributed by atoms with E-state index in [1.54, 1.807) is 25.5 Å². The zero-order valence-electron chi connectivity index (χ0n) is 19.9. The van der Waals surface area contributed by atoms with Crippen LogP contribution in [0, 0.1) is 5.92 Å². The van der Waals surface area contributed by atoms with Crippen molar-refractivity contribution >= 4 is 5.91 Å². The number of methoxy groups -OCH3 is 1. The molecule has 1 amide bonds. The molecule has 0 bridgehead atoms. The lowest BCUT2D eigenvalue weighted by Gasteiger charge is -2.31. The third-order valence-corrected chi connectivity index (χ3v) is 6.88. The van der Waals surface area contributed by atoms with Crippen LogP contribution >= 0.6 is 0 Å². The number of unbranched alkanes of at least 4 members (excludes halogenated alkanes) is 1. The molecule has 2 saturated heterocycles. The zero-order valence-corrected chi connectivity index (χ0v) is 19.9. The number of carbonyl (C=O) groups is 1. The van der Waals surface area contributed by atoms with Gasteiger partial charge in [0.05, 0.1) is 38.6 Å². The maximum absolute atomic E-state index is 13.6. The molecule has 1 aromatic heterocycles. The number of benzene rings is 2. The van der Waals surface area contributed by atoms with E-state index in [9.17, 15) is 9.90 Å². The number of rotatable bonds is 9. The average molecular weight is 478 g/mol. The number of aromatic hydroxyl groups is 1. The van der Waals surface area contributed by atoms with E-state index in [4.69, 9.17) is 13.9 Å². The van der Waals surface area contributed by atoms with Crippen LogP contribution in [0.1, 0.15) is 48.7 Å². The Labute approximate surface area is 204 Å². The molecule has 8 nitrogen and oxygen atoms in total. The number of nitrogens with one attached hydrogen (secondary N) is 2. The van der Waals surface area contributed by atoms with Gasteiger partial charge in [-0.25, -0.2) is 10.9 Å². The Bertz CT molecular complexity index is 1170. The summed E-state index contributed by atoms with van der Waals surface area (Å²) in [5.74, 6) is 2.02. The summed E-state index contributed by atoms with van der Waals surface area (Å²) in [5, 5.41) is 10.6. The van der Waals surface area contributed by atoms with Gasteiger partial charge in [0, 0.05) is 11.5 Å². The standard InChI is InChI=1S/C27H31N3O5/c1-3-4-13-35-21-12-11-17(15-22(21)33-2)26-23-24(19-9-5-6-10-20(19)31)28-29-25(23)27(32)30(26)16-18-8-7-14-34-18/h5-12,14-15,23-26,28-29,31H,3-4,13,16H2,1-2H3. The van der Waals surface area contributed by atoms with Crippen molar-refractivity contribution in [1.29, 1.82) is 0 Å². The molecule has 0 radical (unpaired) electrons. The Morgan fingerprint density at radius 2 is 1.89 bits per heavy atom. The van der Waals surface area contributed by atoms with Crippen LogP contribution in [-0.2, 0) is 11.3 Å². The summed E-state index contributed by atoms with van der Waals surface area (Å²) < 4.78 is 17.2. The van der Waals surface area contributed by atoms with Crippen LogP contribution in [0.3, 0.4) is 0 Å². The Hall–Kier alpha value is -3.49. The van der Waals surface area contributed by atoms with Gasteiger partial charge in [-0.15, -0.1) is 0 Å². The molecule has 2 aromatic carbocycles. The SMILES string of the molecule is CCCCOc1ccc(C2C3C(NNC3c3ccccc3O)C(=O)N2Cc2ccco2)cc1OC. The Balaban J connectivity index is 1.55. The number of para-hydroxylation sites is 1. The highest BCUT2D eigenvalue weighted by atomic mass is 16.5.